The van der Waals surface area contributed by atoms with Gasteiger partial charge in [0.1, 0.15) is 11.6 Å². The highest BCUT2D eigenvalue weighted by Gasteiger charge is 2.26. The second-order valence-corrected chi connectivity index (χ2v) is 6.16. The molecule has 1 aliphatic carbocycles. The van der Waals surface area contributed by atoms with Crippen LogP contribution in [0.4, 0.5) is 10.1 Å². The van der Waals surface area contributed by atoms with E-state index >= 15 is 0 Å². The molecule has 1 aliphatic rings. The first-order valence-electron chi connectivity index (χ1n) is 8.20. The fourth-order valence-corrected chi connectivity index (χ4v) is 3.07. The van der Waals surface area contributed by atoms with Gasteiger partial charge in [-0.15, -0.1) is 0 Å². The third-order valence-electron chi connectivity index (χ3n) is 4.35. The van der Waals surface area contributed by atoms with Crippen LogP contribution in [0.3, 0.4) is 0 Å². The summed E-state index contributed by atoms with van der Waals surface area (Å²) >= 11 is 0. The van der Waals surface area contributed by atoms with Gasteiger partial charge in [-0.1, -0.05) is 24.6 Å². The summed E-state index contributed by atoms with van der Waals surface area (Å²) in [6, 6.07) is 13.1. The van der Waals surface area contributed by atoms with E-state index in [-0.39, 0.29) is 23.7 Å². The summed E-state index contributed by atoms with van der Waals surface area (Å²) in [6.45, 7) is 0. The molecule has 0 unspecified atom stereocenters. The Hall–Kier alpha value is -2.40. The molecule has 2 aromatic rings. The Kier molecular flexibility index (Phi) is 5.11. The van der Waals surface area contributed by atoms with Crippen LogP contribution in [-0.4, -0.2) is 11.9 Å². The summed E-state index contributed by atoms with van der Waals surface area (Å²) in [7, 11) is 0. The van der Waals surface area contributed by atoms with Crippen molar-refractivity contribution in [1.29, 1.82) is 0 Å². The maximum atomic E-state index is 13.3. The van der Waals surface area contributed by atoms with Gasteiger partial charge in [0.25, 0.3) is 0 Å². The summed E-state index contributed by atoms with van der Waals surface area (Å²) in [5.74, 6) is 0.653. The first kappa shape index (κ1) is 16.5. The first-order valence-corrected chi connectivity index (χ1v) is 8.20. The molecule has 0 heterocycles. The normalized spacial score (nSPS) is 19.9. The van der Waals surface area contributed by atoms with Gasteiger partial charge in [-0.2, -0.15) is 0 Å². The van der Waals surface area contributed by atoms with Crippen molar-refractivity contribution in [1.82, 2.24) is 0 Å². The SMILES string of the molecule is N[C@@H]1CCC[C@H]1CC(=O)Nc1ccccc1Oc1cccc(F)c1. The van der Waals surface area contributed by atoms with E-state index in [1.807, 2.05) is 6.07 Å². The first-order chi connectivity index (χ1) is 11.6. The average Bonchev–Trinajstić information content (AvgIpc) is 2.94. The summed E-state index contributed by atoms with van der Waals surface area (Å²) in [6.07, 6.45) is 3.47. The second kappa shape index (κ2) is 7.45. The van der Waals surface area contributed by atoms with Crippen molar-refractivity contribution in [2.45, 2.75) is 31.7 Å². The molecule has 2 atom stereocenters. The zero-order valence-electron chi connectivity index (χ0n) is 13.4. The predicted octanol–water partition coefficient (Wildman–Crippen LogP) is 4.07. The van der Waals surface area contributed by atoms with Crippen molar-refractivity contribution in [3.05, 3.63) is 54.3 Å². The third-order valence-corrected chi connectivity index (χ3v) is 4.35. The van der Waals surface area contributed by atoms with E-state index in [0.29, 0.717) is 23.6 Å². The summed E-state index contributed by atoms with van der Waals surface area (Å²) < 4.78 is 19.0. The van der Waals surface area contributed by atoms with Crippen molar-refractivity contribution < 1.29 is 13.9 Å². The summed E-state index contributed by atoms with van der Waals surface area (Å²) in [5.41, 5.74) is 6.59. The van der Waals surface area contributed by atoms with Crippen LogP contribution in [0.15, 0.2) is 48.5 Å². The fraction of sp³-hybridized carbons (Fsp3) is 0.316. The molecule has 0 bridgehead atoms. The summed E-state index contributed by atoms with van der Waals surface area (Å²) in [5, 5.41) is 2.88. The van der Waals surface area contributed by atoms with Gasteiger partial charge in [-0.3, -0.25) is 4.79 Å². The fourth-order valence-electron chi connectivity index (χ4n) is 3.07. The van der Waals surface area contributed by atoms with E-state index in [0.717, 1.165) is 19.3 Å². The maximum Gasteiger partial charge on any atom is 0.224 e. The molecule has 5 heteroatoms. The molecule has 1 fully saturated rings. The standard InChI is InChI=1S/C19H21FN2O2/c20-14-6-4-7-15(12-14)24-18-10-2-1-9-17(18)22-19(23)11-13-5-3-8-16(13)21/h1-2,4,6-7,9-10,12-13,16H,3,5,8,11,21H2,(H,22,23)/t13-,16+/m0/s1. The number of hydrogen-bond donors (Lipinski definition) is 2. The Bertz CT molecular complexity index is 720. The van der Waals surface area contributed by atoms with E-state index in [4.69, 9.17) is 10.5 Å². The largest absolute Gasteiger partial charge is 0.455 e. The van der Waals surface area contributed by atoms with Crippen LogP contribution >= 0.6 is 0 Å². The van der Waals surface area contributed by atoms with E-state index in [1.165, 1.54) is 12.1 Å². The van der Waals surface area contributed by atoms with Crippen LogP contribution in [0.2, 0.25) is 0 Å². The topological polar surface area (TPSA) is 64.4 Å². The molecular weight excluding hydrogens is 307 g/mol. The number of nitrogens with two attached hydrogens (primary N) is 1. The summed E-state index contributed by atoms with van der Waals surface area (Å²) in [4.78, 5) is 12.3. The zero-order valence-corrected chi connectivity index (χ0v) is 13.4. The van der Waals surface area contributed by atoms with Crippen molar-refractivity contribution in [2.75, 3.05) is 5.32 Å². The van der Waals surface area contributed by atoms with Gasteiger partial charge in [0.2, 0.25) is 5.91 Å². The lowest BCUT2D eigenvalue weighted by Crippen LogP contribution is -2.28. The lowest BCUT2D eigenvalue weighted by Gasteiger charge is -2.16. The minimum atomic E-state index is -0.371. The van der Waals surface area contributed by atoms with Gasteiger partial charge >= 0.3 is 0 Å². The number of ether oxygens (including phenoxy) is 1. The van der Waals surface area contributed by atoms with Gasteiger partial charge in [0.05, 0.1) is 5.69 Å². The molecule has 0 aromatic heterocycles. The van der Waals surface area contributed by atoms with E-state index < -0.39 is 0 Å². The maximum absolute atomic E-state index is 13.3. The zero-order chi connectivity index (χ0) is 16.9. The molecule has 0 radical (unpaired) electrons. The van der Waals surface area contributed by atoms with Crippen molar-refractivity contribution in [3.8, 4) is 11.5 Å². The van der Waals surface area contributed by atoms with Gasteiger partial charge in [-0.25, -0.2) is 4.39 Å². The number of amides is 1. The molecule has 4 nitrogen and oxygen atoms in total. The number of rotatable bonds is 5. The quantitative estimate of drug-likeness (QED) is 0.869. The number of hydrogen-bond acceptors (Lipinski definition) is 3. The lowest BCUT2D eigenvalue weighted by molar-refractivity contribution is -0.117. The molecule has 0 spiro atoms. The van der Waals surface area contributed by atoms with E-state index in [1.54, 1.807) is 30.3 Å². The van der Waals surface area contributed by atoms with Crippen molar-refractivity contribution in [3.63, 3.8) is 0 Å². The van der Waals surface area contributed by atoms with Gasteiger partial charge in [-0.05, 0) is 43.0 Å². The molecule has 126 valence electrons. The molecule has 3 N–H and O–H groups in total. The minimum Gasteiger partial charge on any atom is -0.455 e. The molecule has 3 rings (SSSR count). The van der Waals surface area contributed by atoms with Crippen LogP contribution in [-0.2, 0) is 4.79 Å². The second-order valence-electron chi connectivity index (χ2n) is 6.16. The molecule has 1 saturated carbocycles. The number of carbonyl (C=O) groups excluding carboxylic acids is 1. The Balaban J connectivity index is 1.68. The van der Waals surface area contributed by atoms with Gasteiger partial charge in [0, 0.05) is 18.5 Å². The number of benzene rings is 2. The Labute approximate surface area is 140 Å². The Morgan fingerprint density at radius 2 is 2.04 bits per heavy atom. The van der Waals surface area contributed by atoms with E-state index in [2.05, 4.69) is 5.32 Å². The van der Waals surface area contributed by atoms with Crippen molar-refractivity contribution in [2.24, 2.45) is 11.7 Å². The van der Waals surface area contributed by atoms with E-state index in [9.17, 15) is 9.18 Å². The van der Waals surface area contributed by atoms with Gasteiger partial charge in [0.15, 0.2) is 5.75 Å². The van der Waals surface area contributed by atoms with Gasteiger partial charge < -0.3 is 15.8 Å². The molecular formula is C19H21FN2O2. The Morgan fingerprint density at radius 3 is 2.79 bits per heavy atom. The number of nitrogens with one attached hydrogen (secondary N) is 1. The lowest BCUT2D eigenvalue weighted by atomic mass is 10.00. The predicted molar refractivity (Wildman–Crippen MR) is 91.5 cm³/mol. The molecule has 0 saturated heterocycles. The monoisotopic (exact) mass is 328 g/mol. The third kappa shape index (κ3) is 4.11. The molecule has 0 aliphatic heterocycles. The smallest absolute Gasteiger partial charge is 0.224 e. The molecule has 24 heavy (non-hydrogen) atoms. The van der Waals surface area contributed by atoms with Crippen molar-refractivity contribution >= 4 is 11.6 Å². The number of halogens is 1. The van der Waals surface area contributed by atoms with Crippen LogP contribution in [0.1, 0.15) is 25.7 Å². The Morgan fingerprint density at radius 1 is 1.21 bits per heavy atom. The number of carbonyl (C=O) groups is 1. The number of anilines is 1. The highest BCUT2D eigenvalue weighted by molar-refractivity contribution is 5.92. The highest BCUT2D eigenvalue weighted by Crippen LogP contribution is 2.31. The number of para-hydroxylation sites is 2. The molecule has 2 aromatic carbocycles. The van der Waals surface area contributed by atoms with Crippen LogP contribution in [0.5, 0.6) is 11.5 Å². The van der Waals surface area contributed by atoms with Crippen LogP contribution in [0, 0.1) is 11.7 Å². The molecule has 1 amide bonds. The minimum absolute atomic E-state index is 0.0763. The van der Waals surface area contributed by atoms with Crippen LogP contribution in [0.25, 0.3) is 0 Å². The highest BCUT2D eigenvalue weighted by atomic mass is 19.1. The van der Waals surface area contributed by atoms with Crippen LogP contribution < -0.4 is 15.8 Å². The average molecular weight is 328 g/mol.